The van der Waals surface area contributed by atoms with E-state index in [0.29, 0.717) is 0 Å². The molecule has 5 heteroatoms. The third-order valence-electron chi connectivity index (χ3n) is 24.1. The maximum atomic E-state index is 6.56. The quantitative estimate of drug-likeness (QED) is 0.144. The van der Waals surface area contributed by atoms with Gasteiger partial charge in [0.15, 0.2) is 0 Å². The smallest absolute Gasteiger partial charge is 0.137 e. The van der Waals surface area contributed by atoms with Gasteiger partial charge in [-0.1, -0.05) is 234 Å². The zero-order valence-electron chi connectivity index (χ0n) is 59.3. The molecule has 3 heterocycles. The van der Waals surface area contributed by atoms with Crippen molar-refractivity contribution in [2.45, 2.75) is 38.5 Å². The molecule has 0 saturated heterocycles. The number of rotatable bonds is 9. The number of nitrogens with zero attached hydrogens (tertiary/aromatic N) is 2. The fourth-order valence-electron chi connectivity index (χ4n) is 19.2. The Morgan fingerprint density at radius 2 is 0.757 bits per heavy atom. The number of anilines is 6. The third kappa shape index (κ3) is 8.66. The Balaban J connectivity index is 0.000000131. The molecule has 0 amide bonds. The molecule has 502 valence electrons. The fourth-order valence-corrected chi connectivity index (χ4v) is 20.3. The van der Waals surface area contributed by atoms with Gasteiger partial charge >= 0.3 is 0 Å². The Labute approximate surface area is 622 Å². The molecule has 4 aliphatic rings. The van der Waals surface area contributed by atoms with Crippen molar-refractivity contribution in [3.05, 3.63) is 350 Å². The van der Waals surface area contributed by atoms with Crippen molar-refractivity contribution < 1.29 is 8.83 Å². The van der Waals surface area contributed by atoms with Crippen molar-refractivity contribution in [2.75, 3.05) is 9.80 Å². The molecular formula is C102H66N2O2S. The number of hydrogen-bond acceptors (Lipinski definition) is 5. The molecule has 107 heavy (non-hydrogen) atoms. The highest BCUT2D eigenvalue weighted by Crippen LogP contribution is 2.63. The Kier molecular flexibility index (Phi) is 12.5. The van der Waals surface area contributed by atoms with Gasteiger partial charge in [0.05, 0.1) is 0 Å². The van der Waals surface area contributed by atoms with Crippen molar-refractivity contribution in [2.24, 2.45) is 0 Å². The summed E-state index contributed by atoms with van der Waals surface area (Å²) >= 11 is 1.93. The van der Waals surface area contributed by atoms with Crippen LogP contribution in [0.25, 0.3) is 174 Å². The van der Waals surface area contributed by atoms with Gasteiger partial charge in [0.2, 0.25) is 0 Å². The lowest BCUT2D eigenvalue weighted by Crippen LogP contribution is -2.15. The van der Waals surface area contributed by atoms with E-state index < -0.39 is 0 Å². The Hall–Kier alpha value is -13.1. The SMILES string of the molecule is CC1(C)c2cc(-c3cccc(N(c4cccc(-c5ccccc5)c4)c4ccc5c(c4)oc4ccccc45)c3)cc3c2-c2c1ccc1ccc4oc5cccc-3c5c4c21.CC1(C)c2cccc3c2-c2c1ccc1c(-c4cccc(N(c5ccccc5)c5ccc6ccccc6c5)c4)cc4sc5cccc-3c5c4c21. The molecule has 0 fully saturated rings. The molecule has 0 radical (unpaired) electrons. The summed E-state index contributed by atoms with van der Waals surface area (Å²) in [5.41, 5.74) is 33.7. The Morgan fingerprint density at radius 3 is 1.57 bits per heavy atom. The number of fused-ring (bicyclic) bond motifs is 6. The number of para-hydroxylation sites is 2. The van der Waals surface area contributed by atoms with Gasteiger partial charge < -0.3 is 18.6 Å². The monoisotopic (exact) mass is 1380 g/mol. The number of thiophene rings is 1. The zero-order valence-corrected chi connectivity index (χ0v) is 60.1. The van der Waals surface area contributed by atoms with E-state index in [4.69, 9.17) is 8.83 Å². The molecule has 4 nitrogen and oxygen atoms in total. The van der Waals surface area contributed by atoms with E-state index in [1.54, 1.807) is 0 Å². The van der Waals surface area contributed by atoms with E-state index in [1.807, 2.05) is 23.5 Å². The first kappa shape index (κ1) is 60.4. The highest BCUT2D eigenvalue weighted by Gasteiger charge is 2.43. The first-order valence-electron chi connectivity index (χ1n) is 37.2. The van der Waals surface area contributed by atoms with Crippen LogP contribution in [0.2, 0.25) is 0 Å². The average Bonchev–Trinajstić information content (AvgIpc) is 1.52. The number of benzene rings is 17. The van der Waals surface area contributed by atoms with E-state index in [2.05, 4.69) is 353 Å². The minimum atomic E-state index is -0.190. The predicted octanol–water partition coefficient (Wildman–Crippen LogP) is 29.5. The van der Waals surface area contributed by atoms with Crippen LogP contribution in [0.1, 0.15) is 49.9 Å². The van der Waals surface area contributed by atoms with Crippen LogP contribution in [0.15, 0.2) is 336 Å². The largest absolute Gasteiger partial charge is 0.456 e. The van der Waals surface area contributed by atoms with Gasteiger partial charge in [-0.25, -0.2) is 0 Å². The van der Waals surface area contributed by atoms with Crippen molar-refractivity contribution in [3.63, 3.8) is 0 Å². The van der Waals surface area contributed by atoms with Crippen LogP contribution in [0.3, 0.4) is 0 Å². The van der Waals surface area contributed by atoms with Crippen LogP contribution in [0.5, 0.6) is 0 Å². The normalized spacial score (nSPS) is 13.6. The Bertz CT molecular complexity index is 7270. The lowest BCUT2D eigenvalue weighted by molar-refractivity contribution is 0.661. The molecule has 24 rings (SSSR count). The molecule has 0 saturated carbocycles. The second-order valence-corrected chi connectivity index (χ2v) is 31.6. The van der Waals surface area contributed by atoms with E-state index >= 15 is 0 Å². The summed E-state index contributed by atoms with van der Waals surface area (Å²) in [5.74, 6) is 0. The van der Waals surface area contributed by atoms with Crippen LogP contribution in [-0.4, -0.2) is 0 Å². The summed E-state index contributed by atoms with van der Waals surface area (Å²) < 4.78 is 15.7. The third-order valence-corrected chi connectivity index (χ3v) is 25.2. The highest BCUT2D eigenvalue weighted by atomic mass is 32.1. The van der Waals surface area contributed by atoms with Crippen molar-refractivity contribution in [3.8, 4) is 77.9 Å². The van der Waals surface area contributed by atoms with E-state index in [9.17, 15) is 0 Å². The first-order chi connectivity index (χ1) is 52.6. The van der Waals surface area contributed by atoms with Gasteiger partial charge in [-0.15, -0.1) is 11.3 Å². The van der Waals surface area contributed by atoms with Crippen LogP contribution < -0.4 is 9.80 Å². The summed E-state index contributed by atoms with van der Waals surface area (Å²) in [7, 11) is 0. The van der Waals surface area contributed by atoms with Gasteiger partial charge in [-0.05, 0) is 242 Å². The van der Waals surface area contributed by atoms with Crippen molar-refractivity contribution >= 4 is 142 Å². The summed E-state index contributed by atoms with van der Waals surface area (Å²) in [6, 6.07) is 120. The van der Waals surface area contributed by atoms with Crippen LogP contribution in [0, 0.1) is 0 Å². The van der Waals surface area contributed by atoms with Gasteiger partial charge in [0, 0.05) is 98.1 Å². The highest BCUT2D eigenvalue weighted by molar-refractivity contribution is 7.26. The molecule has 0 bridgehead atoms. The first-order valence-corrected chi connectivity index (χ1v) is 38.0. The standard InChI is InChI=1S/C55H35NO2.C47H31NS/c1-55(2)44-25-21-33-22-26-48-54-50(33)53(44)51-43(42-18-10-20-47(58-48)52(42)54)29-36(30-45(51)55)35-14-9-16-38(28-35)56(37-15-8-13-34(27-37)32-11-4-3-5-12-32)39-23-24-41-40-17-6-7-19-46(40)57-49(41)31-39;1-47(2)38-19-9-17-34-35-18-10-20-40-43(35)46-41(49-40)27-37(36-23-24-39(47)45(42(34)38)44(36)46)30-13-8-16-32(26-30)48(31-14-4-3-5-15-31)33-22-21-28-11-6-7-12-29(28)25-33/h3-31H,1-2H3;3-27H,1-2H3. The lowest BCUT2D eigenvalue weighted by atomic mass is 9.80. The average molecular weight is 1380 g/mol. The topological polar surface area (TPSA) is 32.8 Å². The number of furan rings is 2. The van der Waals surface area contributed by atoms with Gasteiger partial charge in [-0.3, -0.25) is 0 Å². The molecule has 0 unspecified atom stereocenters. The molecule has 0 N–H and O–H groups in total. The van der Waals surface area contributed by atoms with Crippen LogP contribution >= 0.6 is 11.3 Å². The van der Waals surface area contributed by atoms with Crippen LogP contribution in [-0.2, 0) is 10.8 Å². The molecular weight excluding hydrogens is 1320 g/mol. The number of hydrogen-bond donors (Lipinski definition) is 0. The van der Waals surface area contributed by atoms with Gasteiger partial charge in [0.1, 0.15) is 22.3 Å². The van der Waals surface area contributed by atoms with Gasteiger partial charge in [0.25, 0.3) is 0 Å². The molecule has 0 spiro atoms. The summed E-state index contributed by atoms with van der Waals surface area (Å²) in [5, 5.41) is 15.3. The molecule has 3 aromatic heterocycles. The van der Waals surface area contributed by atoms with E-state index in [0.717, 1.165) is 78.4 Å². The van der Waals surface area contributed by atoms with E-state index in [-0.39, 0.29) is 10.8 Å². The zero-order chi connectivity index (χ0) is 70.7. The second-order valence-electron chi connectivity index (χ2n) is 30.6. The lowest BCUT2D eigenvalue weighted by Gasteiger charge is -2.27. The fraction of sp³-hybridized carbons (Fsp3) is 0.0588. The molecule has 4 aliphatic carbocycles. The Morgan fingerprint density at radius 1 is 0.234 bits per heavy atom. The van der Waals surface area contributed by atoms with Crippen molar-refractivity contribution in [1.82, 2.24) is 0 Å². The van der Waals surface area contributed by atoms with Crippen molar-refractivity contribution in [1.29, 1.82) is 0 Å². The molecule has 20 aromatic rings. The minimum absolute atomic E-state index is 0.0609. The maximum absolute atomic E-state index is 6.56. The molecule has 0 aliphatic heterocycles. The summed E-state index contributed by atoms with van der Waals surface area (Å²) in [4.78, 5) is 4.75. The summed E-state index contributed by atoms with van der Waals surface area (Å²) in [6.07, 6.45) is 0. The second kappa shape index (κ2) is 22.2. The maximum Gasteiger partial charge on any atom is 0.137 e. The summed E-state index contributed by atoms with van der Waals surface area (Å²) in [6.45, 7) is 9.59. The molecule has 17 aromatic carbocycles. The van der Waals surface area contributed by atoms with Crippen LogP contribution in [0.4, 0.5) is 34.1 Å². The van der Waals surface area contributed by atoms with Gasteiger partial charge in [-0.2, -0.15) is 0 Å². The predicted molar refractivity (Wildman–Crippen MR) is 452 cm³/mol. The minimum Gasteiger partial charge on any atom is -0.456 e. The van der Waals surface area contributed by atoms with E-state index in [1.165, 1.54) is 152 Å². The molecule has 0 atom stereocenters.